The Kier molecular flexibility index (Phi) is 3.08. The quantitative estimate of drug-likeness (QED) is 0.628. The summed E-state index contributed by atoms with van der Waals surface area (Å²) in [5, 5.41) is 24.8. The third kappa shape index (κ3) is 2.40. The summed E-state index contributed by atoms with van der Waals surface area (Å²) in [5.74, 6) is -1.71. The van der Waals surface area contributed by atoms with Crippen LogP contribution in [-0.4, -0.2) is 25.9 Å². The molecular weight excluding hydrogens is 274 g/mol. The molecule has 1 aromatic carbocycles. The normalized spacial score (nSPS) is 10.2. The summed E-state index contributed by atoms with van der Waals surface area (Å²) < 4.78 is 4.51. The van der Waals surface area contributed by atoms with Gasteiger partial charge in [0.1, 0.15) is 0 Å². The van der Waals surface area contributed by atoms with Gasteiger partial charge in [0.2, 0.25) is 5.82 Å². The average molecular weight is 279 g/mol. The Morgan fingerprint density at radius 1 is 1.15 bits per heavy atom. The first-order chi connectivity index (χ1) is 9.38. The Morgan fingerprint density at radius 3 is 2.10 bits per heavy atom. The third-order valence-corrected chi connectivity index (χ3v) is 2.22. The maximum atomic E-state index is 10.8. The molecule has 0 unspecified atom stereocenters. The summed E-state index contributed by atoms with van der Waals surface area (Å²) in [7, 11) is 0. The Labute approximate surface area is 109 Å². The smallest absolute Gasteiger partial charge is 0.316 e. The standard InChI is InChI=1S/C9H5N5O6/c10-7(15)9-11-8(12-20-9)4-1-5(13(16)17)3-6(2-4)14(18)19/h1-3H,(H2,10,15). The van der Waals surface area contributed by atoms with Crippen molar-refractivity contribution in [3.8, 4) is 11.4 Å². The largest absolute Gasteiger partial charge is 0.361 e. The van der Waals surface area contributed by atoms with Gasteiger partial charge in [0, 0.05) is 17.7 Å². The number of nitro groups is 2. The van der Waals surface area contributed by atoms with E-state index in [0.29, 0.717) is 0 Å². The fourth-order valence-corrected chi connectivity index (χ4v) is 1.38. The first kappa shape index (κ1) is 13.1. The Morgan fingerprint density at radius 2 is 1.70 bits per heavy atom. The molecule has 0 atom stereocenters. The van der Waals surface area contributed by atoms with Gasteiger partial charge < -0.3 is 10.3 Å². The van der Waals surface area contributed by atoms with E-state index in [1.54, 1.807) is 0 Å². The molecule has 0 aliphatic carbocycles. The van der Waals surface area contributed by atoms with Crippen LogP contribution in [0, 0.1) is 20.2 Å². The Hall–Kier alpha value is -3.37. The number of aromatic nitrogens is 2. The van der Waals surface area contributed by atoms with Crippen molar-refractivity contribution < 1.29 is 19.2 Å². The minimum absolute atomic E-state index is 0.0397. The first-order valence-corrected chi connectivity index (χ1v) is 4.96. The van der Waals surface area contributed by atoms with E-state index in [2.05, 4.69) is 14.7 Å². The summed E-state index contributed by atoms with van der Waals surface area (Å²) in [4.78, 5) is 34.2. The predicted octanol–water partition coefficient (Wildman–Crippen LogP) is 0.652. The molecule has 0 fully saturated rings. The van der Waals surface area contributed by atoms with Gasteiger partial charge in [-0.1, -0.05) is 5.16 Å². The van der Waals surface area contributed by atoms with E-state index in [0.717, 1.165) is 18.2 Å². The van der Waals surface area contributed by atoms with E-state index in [1.807, 2.05) is 0 Å². The number of non-ortho nitro benzene ring substituents is 2. The number of amides is 1. The molecule has 1 heterocycles. The second-order valence-corrected chi connectivity index (χ2v) is 3.54. The SMILES string of the molecule is NC(=O)c1nc(-c2cc([N+](=O)[O-])cc([N+](=O)[O-])c2)no1. The zero-order valence-corrected chi connectivity index (χ0v) is 9.55. The van der Waals surface area contributed by atoms with Crippen LogP contribution in [0.2, 0.25) is 0 Å². The van der Waals surface area contributed by atoms with Crippen molar-refractivity contribution >= 4 is 17.3 Å². The number of hydrogen-bond donors (Lipinski definition) is 1. The van der Waals surface area contributed by atoms with Gasteiger partial charge >= 0.3 is 11.8 Å². The molecule has 0 saturated heterocycles. The van der Waals surface area contributed by atoms with Crippen molar-refractivity contribution in [1.29, 1.82) is 0 Å². The molecule has 2 aromatic rings. The minimum atomic E-state index is -0.983. The van der Waals surface area contributed by atoms with Crippen LogP contribution in [0.15, 0.2) is 22.7 Å². The monoisotopic (exact) mass is 279 g/mol. The molecule has 102 valence electrons. The van der Waals surface area contributed by atoms with E-state index in [4.69, 9.17) is 5.73 Å². The fraction of sp³-hybridized carbons (Fsp3) is 0. The third-order valence-electron chi connectivity index (χ3n) is 2.22. The first-order valence-electron chi connectivity index (χ1n) is 4.96. The maximum absolute atomic E-state index is 10.8. The highest BCUT2D eigenvalue weighted by Gasteiger charge is 2.20. The lowest BCUT2D eigenvalue weighted by Crippen LogP contribution is -2.11. The van der Waals surface area contributed by atoms with Gasteiger partial charge in [-0.15, -0.1) is 0 Å². The highest BCUT2D eigenvalue weighted by atomic mass is 16.6. The number of hydrogen-bond acceptors (Lipinski definition) is 8. The molecule has 0 bridgehead atoms. The molecule has 1 amide bonds. The average Bonchev–Trinajstić information content (AvgIpc) is 2.87. The summed E-state index contributed by atoms with van der Waals surface area (Å²) in [6.07, 6.45) is 0. The topological polar surface area (TPSA) is 168 Å². The zero-order chi connectivity index (χ0) is 14.9. The number of nitrogens with two attached hydrogens (primary N) is 1. The lowest BCUT2D eigenvalue weighted by molar-refractivity contribution is -0.394. The molecular formula is C9H5N5O6. The maximum Gasteiger partial charge on any atom is 0.316 e. The molecule has 0 radical (unpaired) electrons. The number of rotatable bonds is 4. The highest BCUT2D eigenvalue weighted by molar-refractivity contribution is 5.88. The number of carbonyl (C=O) groups excluding carboxylic acids is 1. The van der Waals surface area contributed by atoms with E-state index >= 15 is 0 Å². The van der Waals surface area contributed by atoms with Gasteiger partial charge in [0.15, 0.2) is 0 Å². The van der Waals surface area contributed by atoms with E-state index in [1.165, 1.54) is 0 Å². The summed E-state index contributed by atoms with van der Waals surface area (Å²) in [6, 6.07) is 2.82. The van der Waals surface area contributed by atoms with Gasteiger partial charge in [-0.25, -0.2) is 0 Å². The van der Waals surface area contributed by atoms with Crippen molar-refractivity contribution in [2.75, 3.05) is 0 Å². The van der Waals surface area contributed by atoms with Crippen LogP contribution in [0.1, 0.15) is 10.7 Å². The molecule has 11 nitrogen and oxygen atoms in total. The van der Waals surface area contributed by atoms with Crippen LogP contribution in [0.5, 0.6) is 0 Å². The van der Waals surface area contributed by atoms with Gasteiger partial charge in [-0.2, -0.15) is 4.98 Å². The Bertz CT molecular complexity index is 691. The van der Waals surface area contributed by atoms with Crippen molar-refractivity contribution in [1.82, 2.24) is 10.1 Å². The molecule has 11 heteroatoms. The number of benzene rings is 1. The number of nitro benzene ring substituents is 2. The fourth-order valence-electron chi connectivity index (χ4n) is 1.38. The van der Waals surface area contributed by atoms with Crippen LogP contribution < -0.4 is 5.73 Å². The lowest BCUT2D eigenvalue weighted by Gasteiger charge is -1.96. The molecule has 0 aliphatic rings. The highest BCUT2D eigenvalue weighted by Crippen LogP contribution is 2.28. The van der Waals surface area contributed by atoms with Gasteiger partial charge in [-0.3, -0.25) is 25.0 Å². The van der Waals surface area contributed by atoms with Gasteiger partial charge in [-0.05, 0) is 0 Å². The van der Waals surface area contributed by atoms with Crippen LogP contribution >= 0.6 is 0 Å². The zero-order valence-electron chi connectivity index (χ0n) is 9.55. The van der Waals surface area contributed by atoms with Crippen molar-refractivity contribution in [3.63, 3.8) is 0 Å². The summed E-state index contributed by atoms with van der Waals surface area (Å²) in [6.45, 7) is 0. The second-order valence-electron chi connectivity index (χ2n) is 3.54. The Balaban J connectivity index is 2.57. The molecule has 2 rings (SSSR count). The van der Waals surface area contributed by atoms with Crippen molar-refractivity contribution in [2.45, 2.75) is 0 Å². The van der Waals surface area contributed by atoms with Gasteiger partial charge in [0.25, 0.3) is 11.4 Å². The molecule has 0 saturated carbocycles. The molecule has 0 spiro atoms. The van der Waals surface area contributed by atoms with Gasteiger partial charge in [0.05, 0.1) is 15.9 Å². The number of nitrogens with zero attached hydrogens (tertiary/aromatic N) is 4. The molecule has 2 N–H and O–H groups in total. The van der Waals surface area contributed by atoms with Crippen LogP contribution in [0.3, 0.4) is 0 Å². The van der Waals surface area contributed by atoms with E-state index in [9.17, 15) is 25.0 Å². The number of primary amides is 1. The minimum Gasteiger partial charge on any atom is -0.361 e. The second kappa shape index (κ2) is 4.72. The van der Waals surface area contributed by atoms with Crippen LogP contribution in [0.25, 0.3) is 11.4 Å². The van der Waals surface area contributed by atoms with Crippen LogP contribution in [-0.2, 0) is 0 Å². The summed E-state index contributed by atoms with van der Waals surface area (Å²) >= 11 is 0. The van der Waals surface area contributed by atoms with E-state index < -0.39 is 33.0 Å². The molecule has 1 aromatic heterocycles. The van der Waals surface area contributed by atoms with Crippen LogP contribution in [0.4, 0.5) is 11.4 Å². The lowest BCUT2D eigenvalue weighted by atomic mass is 10.1. The number of carbonyl (C=O) groups is 1. The molecule has 20 heavy (non-hydrogen) atoms. The van der Waals surface area contributed by atoms with Crippen molar-refractivity contribution in [3.05, 3.63) is 44.3 Å². The predicted molar refractivity (Wildman–Crippen MR) is 61.6 cm³/mol. The molecule has 0 aliphatic heterocycles. The van der Waals surface area contributed by atoms with Crippen molar-refractivity contribution in [2.24, 2.45) is 5.73 Å². The van der Waals surface area contributed by atoms with E-state index in [-0.39, 0.29) is 11.4 Å². The summed E-state index contributed by atoms with van der Waals surface area (Å²) in [5.41, 5.74) is 3.84.